The Bertz CT molecular complexity index is 299. The summed E-state index contributed by atoms with van der Waals surface area (Å²) in [4.78, 5) is 7.97. The molecule has 0 aromatic carbocycles. The van der Waals surface area contributed by atoms with Crippen LogP contribution in [0.4, 0.5) is 0 Å². The van der Waals surface area contributed by atoms with E-state index in [4.69, 9.17) is 0 Å². The molecule has 2 heterocycles. The summed E-state index contributed by atoms with van der Waals surface area (Å²) < 4.78 is 0. The quantitative estimate of drug-likeness (QED) is 0.787. The number of piperazine rings is 1. The molecule has 2 aliphatic heterocycles. The molecule has 118 valence electrons. The second kappa shape index (κ2) is 5.94. The van der Waals surface area contributed by atoms with E-state index in [2.05, 4.69) is 56.2 Å². The number of nitrogens with zero attached hydrogens (tertiary/aromatic N) is 3. The summed E-state index contributed by atoms with van der Waals surface area (Å²) in [6.07, 6.45) is 1.31. The van der Waals surface area contributed by atoms with Crippen LogP contribution in [0.3, 0.4) is 0 Å². The molecule has 0 bridgehead atoms. The Kier molecular flexibility index (Phi) is 4.83. The Morgan fingerprint density at radius 3 is 1.85 bits per heavy atom. The molecule has 0 radical (unpaired) electrons. The zero-order valence-corrected chi connectivity index (χ0v) is 14.6. The molecule has 0 amide bonds. The molecule has 0 atom stereocenters. The van der Waals surface area contributed by atoms with Gasteiger partial charge in [-0.3, -0.25) is 9.80 Å². The topological polar surface area (TPSA) is 9.72 Å². The highest BCUT2D eigenvalue weighted by molar-refractivity contribution is 4.95. The Balaban J connectivity index is 1.66. The number of hydrogen-bond acceptors (Lipinski definition) is 3. The van der Waals surface area contributed by atoms with E-state index in [1.807, 2.05) is 0 Å². The van der Waals surface area contributed by atoms with Gasteiger partial charge in [0.1, 0.15) is 0 Å². The molecule has 2 saturated heterocycles. The van der Waals surface area contributed by atoms with Crippen LogP contribution >= 0.6 is 0 Å². The molecule has 0 aromatic heterocycles. The van der Waals surface area contributed by atoms with Crippen molar-refractivity contribution < 1.29 is 0 Å². The molecule has 2 fully saturated rings. The van der Waals surface area contributed by atoms with E-state index in [1.165, 1.54) is 52.2 Å². The lowest BCUT2D eigenvalue weighted by atomic mass is 9.92. The van der Waals surface area contributed by atoms with Crippen LogP contribution in [0.2, 0.25) is 0 Å². The van der Waals surface area contributed by atoms with Gasteiger partial charge in [0.05, 0.1) is 0 Å². The van der Waals surface area contributed by atoms with Crippen LogP contribution in [0.5, 0.6) is 0 Å². The summed E-state index contributed by atoms with van der Waals surface area (Å²) >= 11 is 0. The van der Waals surface area contributed by atoms with Gasteiger partial charge in [0, 0.05) is 50.8 Å². The molecule has 2 rings (SSSR count). The molecule has 0 saturated carbocycles. The molecule has 0 aliphatic carbocycles. The average Bonchev–Trinajstić information content (AvgIpc) is 2.23. The predicted octanol–water partition coefficient (Wildman–Crippen LogP) is 2.52. The highest BCUT2D eigenvalue weighted by Gasteiger charge is 2.38. The van der Waals surface area contributed by atoms with E-state index in [1.54, 1.807) is 0 Å². The first-order valence-electron chi connectivity index (χ1n) is 8.37. The lowest BCUT2D eigenvalue weighted by Crippen LogP contribution is -2.66. The van der Waals surface area contributed by atoms with Crippen molar-refractivity contribution in [3.05, 3.63) is 0 Å². The Labute approximate surface area is 126 Å². The van der Waals surface area contributed by atoms with Gasteiger partial charge in [-0.1, -0.05) is 20.8 Å². The number of hydrogen-bond donors (Lipinski definition) is 0. The van der Waals surface area contributed by atoms with Crippen LogP contribution in [0.15, 0.2) is 0 Å². The number of likely N-dealkylation sites (tertiary alicyclic amines) is 1. The molecular weight excluding hydrogens is 246 g/mol. The summed E-state index contributed by atoms with van der Waals surface area (Å²) in [7, 11) is 0. The molecule has 3 nitrogen and oxygen atoms in total. The van der Waals surface area contributed by atoms with Crippen LogP contribution in [0.1, 0.15) is 48.0 Å². The van der Waals surface area contributed by atoms with Crippen LogP contribution in [0, 0.1) is 5.41 Å². The van der Waals surface area contributed by atoms with Crippen molar-refractivity contribution in [1.82, 2.24) is 14.7 Å². The van der Waals surface area contributed by atoms with Gasteiger partial charge in [-0.05, 0) is 39.2 Å². The van der Waals surface area contributed by atoms with Gasteiger partial charge in [0.2, 0.25) is 0 Å². The molecule has 3 heteroatoms. The second-order valence-electron chi connectivity index (χ2n) is 8.92. The Morgan fingerprint density at radius 1 is 0.850 bits per heavy atom. The summed E-state index contributed by atoms with van der Waals surface area (Å²) in [5.74, 6) is 0. The zero-order valence-electron chi connectivity index (χ0n) is 14.6. The summed E-state index contributed by atoms with van der Waals surface area (Å²) in [5.41, 5.74) is 0.823. The van der Waals surface area contributed by atoms with Crippen LogP contribution in [-0.2, 0) is 0 Å². The van der Waals surface area contributed by atoms with Crippen molar-refractivity contribution >= 4 is 0 Å². The monoisotopic (exact) mass is 281 g/mol. The molecule has 0 spiro atoms. The fourth-order valence-corrected chi connectivity index (χ4v) is 3.08. The standard InChI is InChI=1S/C17H35N3/c1-16(2,3)7-8-18-9-11-19(12-10-18)15-13-20(14-15)17(4,5)6/h15H,7-14H2,1-6H3. The van der Waals surface area contributed by atoms with E-state index < -0.39 is 0 Å². The number of rotatable bonds is 3. The lowest BCUT2D eigenvalue weighted by molar-refractivity contribution is -0.0381. The highest BCUT2D eigenvalue weighted by atomic mass is 15.4. The van der Waals surface area contributed by atoms with Gasteiger partial charge < -0.3 is 4.90 Å². The SMILES string of the molecule is CC(C)(C)CCN1CCN(C2CN(C(C)(C)C)C2)CC1. The van der Waals surface area contributed by atoms with Crippen molar-refractivity contribution in [2.75, 3.05) is 45.8 Å². The first-order valence-corrected chi connectivity index (χ1v) is 8.37. The molecule has 2 aliphatic rings. The molecule has 0 aromatic rings. The van der Waals surface area contributed by atoms with Crippen molar-refractivity contribution in [2.24, 2.45) is 5.41 Å². The third kappa shape index (κ3) is 4.44. The van der Waals surface area contributed by atoms with Crippen LogP contribution < -0.4 is 0 Å². The van der Waals surface area contributed by atoms with Crippen molar-refractivity contribution in [3.63, 3.8) is 0 Å². The Hall–Kier alpha value is -0.120. The smallest absolute Gasteiger partial charge is 0.0351 e. The fraction of sp³-hybridized carbons (Fsp3) is 1.00. The average molecular weight is 281 g/mol. The fourth-order valence-electron chi connectivity index (χ4n) is 3.08. The third-order valence-corrected chi connectivity index (χ3v) is 4.91. The van der Waals surface area contributed by atoms with Gasteiger partial charge in [-0.15, -0.1) is 0 Å². The molecule has 0 unspecified atom stereocenters. The van der Waals surface area contributed by atoms with Gasteiger partial charge >= 0.3 is 0 Å². The maximum atomic E-state index is 2.72. The largest absolute Gasteiger partial charge is 0.301 e. The maximum absolute atomic E-state index is 2.72. The van der Waals surface area contributed by atoms with E-state index in [0.29, 0.717) is 11.0 Å². The first kappa shape index (κ1) is 16.3. The summed E-state index contributed by atoms with van der Waals surface area (Å²) in [5, 5.41) is 0. The van der Waals surface area contributed by atoms with Gasteiger partial charge in [0.15, 0.2) is 0 Å². The van der Waals surface area contributed by atoms with Crippen LogP contribution in [0.25, 0.3) is 0 Å². The molecule has 20 heavy (non-hydrogen) atoms. The van der Waals surface area contributed by atoms with Crippen LogP contribution in [-0.4, -0.2) is 72.1 Å². The van der Waals surface area contributed by atoms with Crippen molar-refractivity contribution in [2.45, 2.75) is 59.5 Å². The second-order valence-corrected chi connectivity index (χ2v) is 8.92. The minimum absolute atomic E-state index is 0.352. The lowest BCUT2D eigenvalue weighted by Gasteiger charge is -2.53. The maximum Gasteiger partial charge on any atom is 0.0351 e. The van der Waals surface area contributed by atoms with Crippen molar-refractivity contribution in [3.8, 4) is 0 Å². The molecule has 0 N–H and O–H groups in total. The predicted molar refractivity (Wildman–Crippen MR) is 87.2 cm³/mol. The first-order chi connectivity index (χ1) is 9.15. The van der Waals surface area contributed by atoms with E-state index >= 15 is 0 Å². The van der Waals surface area contributed by atoms with Crippen molar-refractivity contribution in [1.29, 1.82) is 0 Å². The van der Waals surface area contributed by atoms with Gasteiger partial charge in [0.25, 0.3) is 0 Å². The minimum Gasteiger partial charge on any atom is -0.301 e. The summed E-state index contributed by atoms with van der Waals surface area (Å²) in [6.45, 7) is 22.9. The zero-order chi connectivity index (χ0) is 15.0. The van der Waals surface area contributed by atoms with Gasteiger partial charge in [-0.25, -0.2) is 0 Å². The van der Waals surface area contributed by atoms with E-state index in [-0.39, 0.29) is 0 Å². The van der Waals surface area contributed by atoms with Gasteiger partial charge in [-0.2, -0.15) is 0 Å². The van der Waals surface area contributed by atoms with E-state index in [0.717, 1.165) is 6.04 Å². The Morgan fingerprint density at radius 2 is 1.40 bits per heavy atom. The third-order valence-electron chi connectivity index (χ3n) is 4.91. The molecular formula is C17H35N3. The van der Waals surface area contributed by atoms with E-state index in [9.17, 15) is 0 Å². The summed E-state index contributed by atoms with van der Waals surface area (Å²) in [6, 6.07) is 0.819. The minimum atomic E-state index is 0.352. The highest BCUT2D eigenvalue weighted by Crippen LogP contribution is 2.25. The normalized spacial score (nSPS) is 24.9.